The number of alkyl halides is 2. The van der Waals surface area contributed by atoms with Crippen molar-refractivity contribution in [2.45, 2.75) is 13.3 Å². The molecule has 0 saturated carbocycles. The van der Waals surface area contributed by atoms with E-state index in [1.807, 2.05) is 13.0 Å². The maximum absolute atomic E-state index is 12.5. The van der Waals surface area contributed by atoms with Crippen molar-refractivity contribution in [1.82, 2.24) is 15.0 Å². The van der Waals surface area contributed by atoms with Gasteiger partial charge in [0.15, 0.2) is 11.5 Å². The third kappa shape index (κ3) is 1.78. The van der Waals surface area contributed by atoms with Crippen LogP contribution in [0.5, 0.6) is 0 Å². The zero-order valence-electron chi connectivity index (χ0n) is 9.45. The molecule has 0 aliphatic carbocycles. The topological polar surface area (TPSA) is 41.6 Å². The Morgan fingerprint density at radius 3 is 2.89 bits per heavy atom. The van der Waals surface area contributed by atoms with E-state index in [1.165, 1.54) is 22.8 Å². The van der Waals surface area contributed by atoms with E-state index in [9.17, 15) is 8.78 Å². The zero-order chi connectivity index (χ0) is 12.7. The van der Waals surface area contributed by atoms with Gasteiger partial charge in [-0.3, -0.25) is 0 Å². The number of nitrogens with one attached hydrogen (secondary N) is 1. The van der Waals surface area contributed by atoms with E-state index in [4.69, 9.17) is 0 Å². The van der Waals surface area contributed by atoms with Gasteiger partial charge in [0.05, 0.1) is 10.4 Å². The minimum atomic E-state index is -2.45. The maximum atomic E-state index is 12.5. The molecule has 0 saturated heterocycles. The van der Waals surface area contributed by atoms with Gasteiger partial charge in [0, 0.05) is 17.1 Å². The third-order valence-electron chi connectivity index (χ3n) is 2.71. The highest BCUT2D eigenvalue weighted by atomic mass is 32.1. The summed E-state index contributed by atoms with van der Waals surface area (Å²) in [5, 5.41) is 1.45. The molecular formula is C12H9F2N3S. The second-order valence-corrected chi connectivity index (χ2v) is 4.87. The number of H-pyrrole nitrogens is 1. The van der Waals surface area contributed by atoms with Crippen molar-refractivity contribution in [3.05, 3.63) is 34.8 Å². The van der Waals surface area contributed by atoms with E-state index in [2.05, 4.69) is 15.0 Å². The SMILES string of the molecule is Cc1ccnc2nc(-c3cc(C(F)F)cs3)[nH]c12. The van der Waals surface area contributed by atoms with E-state index in [0.29, 0.717) is 16.3 Å². The quantitative estimate of drug-likeness (QED) is 0.762. The highest BCUT2D eigenvalue weighted by Gasteiger charge is 2.14. The number of fused-ring (bicyclic) bond motifs is 1. The van der Waals surface area contributed by atoms with E-state index < -0.39 is 6.43 Å². The monoisotopic (exact) mass is 265 g/mol. The first-order valence-corrected chi connectivity index (χ1v) is 6.21. The Kier molecular flexibility index (Phi) is 2.59. The van der Waals surface area contributed by atoms with E-state index in [1.54, 1.807) is 6.20 Å². The highest BCUT2D eigenvalue weighted by molar-refractivity contribution is 7.13. The number of halogens is 2. The van der Waals surface area contributed by atoms with Crippen molar-refractivity contribution in [2.75, 3.05) is 0 Å². The number of nitrogens with zero attached hydrogens (tertiary/aromatic N) is 2. The number of aromatic nitrogens is 3. The Bertz CT molecular complexity index is 702. The second kappa shape index (κ2) is 4.13. The number of hydrogen-bond donors (Lipinski definition) is 1. The first-order chi connectivity index (χ1) is 8.65. The van der Waals surface area contributed by atoms with Crippen molar-refractivity contribution in [3.63, 3.8) is 0 Å². The molecule has 3 rings (SSSR count). The number of aromatic amines is 1. The van der Waals surface area contributed by atoms with E-state index >= 15 is 0 Å². The Morgan fingerprint density at radius 2 is 2.22 bits per heavy atom. The number of pyridine rings is 1. The fourth-order valence-electron chi connectivity index (χ4n) is 1.74. The number of rotatable bonds is 2. The van der Waals surface area contributed by atoms with Crippen molar-refractivity contribution < 1.29 is 8.78 Å². The Labute approximate surface area is 106 Å². The summed E-state index contributed by atoms with van der Waals surface area (Å²) in [7, 11) is 0. The molecule has 18 heavy (non-hydrogen) atoms. The fraction of sp³-hybridized carbons (Fsp3) is 0.167. The molecule has 3 heterocycles. The van der Waals surface area contributed by atoms with Crippen LogP contribution in [0.2, 0.25) is 0 Å². The van der Waals surface area contributed by atoms with Crippen molar-refractivity contribution in [1.29, 1.82) is 0 Å². The number of imidazole rings is 1. The lowest BCUT2D eigenvalue weighted by atomic mass is 10.3. The molecule has 3 aromatic rings. The molecule has 6 heteroatoms. The van der Waals surface area contributed by atoms with E-state index in [-0.39, 0.29) is 5.56 Å². The minimum absolute atomic E-state index is 0.0279. The molecule has 0 amide bonds. The lowest BCUT2D eigenvalue weighted by molar-refractivity contribution is 0.152. The standard InChI is InChI=1S/C12H9F2N3S/c1-6-2-3-15-12-9(6)16-11(17-12)8-4-7(5-18-8)10(13)14/h2-5,10H,1H3,(H,15,16,17). The van der Waals surface area contributed by atoms with Crippen LogP contribution in [-0.4, -0.2) is 15.0 Å². The highest BCUT2D eigenvalue weighted by Crippen LogP contribution is 2.31. The molecule has 0 atom stereocenters. The van der Waals surface area contributed by atoms with Crippen LogP contribution in [0, 0.1) is 6.92 Å². The average molecular weight is 265 g/mol. The minimum Gasteiger partial charge on any atom is -0.336 e. The first-order valence-electron chi connectivity index (χ1n) is 5.33. The average Bonchev–Trinajstić information content (AvgIpc) is 2.95. The maximum Gasteiger partial charge on any atom is 0.264 e. The lowest BCUT2D eigenvalue weighted by Gasteiger charge is -1.91. The van der Waals surface area contributed by atoms with Gasteiger partial charge in [0.2, 0.25) is 0 Å². The van der Waals surface area contributed by atoms with Gasteiger partial charge < -0.3 is 4.98 Å². The van der Waals surface area contributed by atoms with Crippen LogP contribution in [0.25, 0.3) is 21.9 Å². The largest absolute Gasteiger partial charge is 0.336 e. The number of thiophene rings is 1. The normalized spacial score (nSPS) is 11.6. The molecule has 0 bridgehead atoms. The molecule has 3 nitrogen and oxygen atoms in total. The summed E-state index contributed by atoms with van der Waals surface area (Å²) >= 11 is 1.25. The van der Waals surface area contributed by atoms with Crippen LogP contribution in [0.1, 0.15) is 17.6 Å². The second-order valence-electron chi connectivity index (χ2n) is 3.96. The molecule has 92 valence electrons. The van der Waals surface area contributed by atoms with Gasteiger partial charge in [-0.1, -0.05) is 0 Å². The van der Waals surface area contributed by atoms with Crippen molar-refractivity contribution in [2.24, 2.45) is 0 Å². The number of aryl methyl sites for hydroxylation is 1. The van der Waals surface area contributed by atoms with Crippen LogP contribution in [-0.2, 0) is 0 Å². The Hall–Kier alpha value is -1.82. The van der Waals surface area contributed by atoms with Crippen LogP contribution in [0.4, 0.5) is 8.78 Å². The summed E-state index contributed by atoms with van der Waals surface area (Å²) in [4.78, 5) is 12.3. The summed E-state index contributed by atoms with van der Waals surface area (Å²) in [5.41, 5.74) is 2.51. The molecule has 0 fully saturated rings. The third-order valence-corrected chi connectivity index (χ3v) is 3.66. The predicted molar refractivity (Wildman–Crippen MR) is 66.9 cm³/mol. The smallest absolute Gasteiger partial charge is 0.264 e. The molecule has 0 spiro atoms. The summed E-state index contributed by atoms with van der Waals surface area (Å²) in [6.07, 6.45) is -0.763. The first kappa shape index (κ1) is 11.3. The van der Waals surface area contributed by atoms with Gasteiger partial charge in [0.1, 0.15) is 0 Å². The van der Waals surface area contributed by atoms with Crippen LogP contribution in [0.15, 0.2) is 23.7 Å². The summed E-state index contributed by atoms with van der Waals surface area (Å²) < 4.78 is 25.1. The van der Waals surface area contributed by atoms with Crippen LogP contribution < -0.4 is 0 Å². The van der Waals surface area contributed by atoms with Gasteiger partial charge in [-0.2, -0.15) is 0 Å². The number of hydrogen-bond acceptors (Lipinski definition) is 3. The van der Waals surface area contributed by atoms with Gasteiger partial charge in [-0.25, -0.2) is 18.7 Å². The van der Waals surface area contributed by atoms with Crippen LogP contribution >= 0.6 is 11.3 Å². The predicted octanol–water partition coefficient (Wildman–Crippen LogP) is 3.93. The summed E-state index contributed by atoms with van der Waals surface area (Å²) in [6, 6.07) is 3.34. The lowest BCUT2D eigenvalue weighted by Crippen LogP contribution is -1.78. The van der Waals surface area contributed by atoms with Crippen LogP contribution in [0.3, 0.4) is 0 Å². The molecule has 0 aliphatic heterocycles. The molecule has 3 aromatic heterocycles. The van der Waals surface area contributed by atoms with Gasteiger partial charge in [-0.05, 0) is 24.6 Å². The summed E-state index contributed by atoms with van der Waals surface area (Å²) in [6.45, 7) is 1.95. The molecule has 0 aromatic carbocycles. The molecule has 0 aliphatic rings. The van der Waals surface area contributed by atoms with Gasteiger partial charge in [0.25, 0.3) is 6.43 Å². The van der Waals surface area contributed by atoms with Gasteiger partial charge in [-0.15, -0.1) is 11.3 Å². The molecule has 0 unspecified atom stereocenters. The fourth-order valence-corrected chi connectivity index (χ4v) is 2.59. The molecular weight excluding hydrogens is 256 g/mol. The van der Waals surface area contributed by atoms with Crippen molar-refractivity contribution in [3.8, 4) is 10.7 Å². The van der Waals surface area contributed by atoms with Gasteiger partial charge >= 0.3 is 0 Å². The van der Waals surface area contributed by atoms with E-state index in [0.717, 1.165) is 11.1 Å². The zero-order valence-corrected chi connectivity index (χ0v) is 10.3. The molecule has 0 radical (unpaired) electrons. The van der Waals surface area contributed by atoms with Crippen molar-refractivity contribution >= 4 is 22.5 Å². The summed E-state index contributed by atoms with van der Waals surface area (Å²) in [5.74, 6) is 0.587. The Morgan fingerprint density at radius 1 is 1.39 bits per heavy atom. The Balaban J connectivity index is 2.10. The molecule has 1 N–H and O–H groups in total.